The number of hydrogen-bond donors (Lipinski definition) is 2. The second-order valence-corrected chi connectivity index (χ2v) is 5.52. The number of H-pyrrole nitrogens is 1. The fourth-order valence-electron chi connectivity index (χ4n) is 2.57. The van der Waals surface area contributed by atoms with Crippen LogP contribution in [0.3, 0.4) is 0 Å². The molecule has 3 aromatic rings. The van der Waals surface area contributed by atoms with Gasteiger partial charge in [-0.15, -0.1) is 0 Å². The number of aromatic nitrogens is 2. The predicted octanol–water partition coefficient (Wildman–Crippen LogP) is 3.36. The van der Waals surface area contributed by atoms with Gasteiger partial charge in [0.1, 0.15) is 0 Å². The molecule has 0 bridgehead atoms. The van der Waals surface area contributed by atoms with Crippen LogP contribution in [0.4, 0.5) is 0 Å². The number of rotatable bonds is 5. The second kappa shape index (κ2) is 6.92. The molecule has 0 atom stereocenters. The summed E-state index contributed by atoms with van der Waals surface area (Å²) in [5.74, 6) is -0.106. The van der Waals surface area contributed by atoms with Crippen molar-refractivity contribution in [1.82, 2.24) is 15.5 Å². The summed E-state index contributed by atoms with van der Waals surface area (Å²) >= 11 is 0. The maximum Gasteiger partial charge on any atom is 0.255 e. The van der Waals surface area contributed by atoms with Crippen molar-refractivity contribution in [2.75, 3.05) is 6.54 Å². The molecule has 0 radical (unpaired) electrons. The Balaban J connectivity index is 1.64. The van der Waals surface area contributed by atoms with Gasteiger partial charge in [-0.25, -0.2) is 0 Å². The molecule has 0 aliphatic rings. The van der Waals surface area contributed by atoms with E-state index in [-0.39, 0.29) is 5.91 Å². The van der Waals surface area contributed by atoms with Gasteiger partial charge in [0.15, 0.2) is 0 Å². The van der Waals surface area contributed by atoms with Crippen molar-refractivity contribution in [3.05, 3.63) is 77.5 Å². The van der Waals surface area contributed by atoms with Crippen LogP contribution in [0.15, 0.2) is 60.8 Å². The predicted molar refractivity (Wildman–Crippen MR) is 91.2 cm³/mol. The number of carbonyl (C=O) groups excluding carboxylic acids is 1. The molecule has 1 aromatic heterocycles. The third kappa shape index (κ3) is 3.66. The molecular weight excluding hydrogens is 286 g/mol. The van der Waals surface area contributed by atoms with Gasteiger partial charge in [0.05, 0.1) is 17.5 Å². The third-order valence-electron chi connectivity index (χ3n) is 3.73. The maximum atomic E-state index is 12.4. The van der Waals surface area contributed by atoms with Gasteiger partial charge in [0.2, 0.25) is 0 Å². The Morgan fingerprint density at radius 2 is 1.96 bits per heavy atom. The molecule has 23 heavy (non-hydrogen) atoms. The van der Waals surface area contributed by atoms with Crippen molar-refractivity contribution in [3.8, 4) is 11.3 Å². The average Bonchev–Trinajstić information content (AvgIpc) is 3.05. The molecule has 1 heterocycles. The monoisotopic (exact) mass is 305 g/mol. The zero-order chi connectivity index (χ0) is 16.1. The third-order valence-corrected chi connectivity index (χ3v) is 3.73. The Morgan fingerprint density at radius 3 is 2.74 bits per heavy atom. The first-order valence-corrected chi connectivity index (χ1v) is 7.66. The van der Waals surface area contributed by atoms with Crippen LogP contribution in [0.2, 0.25) is 0 Å². The number of nitrogens with one attached hydrogen (secondary N) is 2. The number of hydrogen-bond acceptors (Lipinski definition) is 2. The zero-order valence-corrected chi connectivity index (χ0v) is 13.0. The fraction of sp³-hybridized carbons (Fsp3) is 0.158. The van der Waals surface area contributed by atoms with E-state index in [1.54, 1.807) is 6.20 Å². The Bertz CT molecular complexity index is 793. The number of nitrogens with zero attached hydrogens (tertiary/aromatic N) is 1. The van der Waals surface area contributed by atoms with Gasteiger partial charge in [0.25, 0.3) is 5.91 Å². The van der Waals surface area contributed by atoms with E-state index in [4.69, 9.17) is 0 Å². The average molecular weight is 305 g/mol. The first-order valence-electron chi connectivity index (χ1n) is 7.66. The minimum atomic E-state index is -0.106. The first-order chi connectivity index (χ1) is 11.2. The Kier molecular flexibility index (Phi) is 4.52. The highest BCUT2D eigenvalue weighted by Crippen LogP contribution is 2.20. The molecule has 1 amide bonds. The van der Waals surface area contributed by atoms with Crippen molar-refractivity contribution in [2.45, 2.75) is 13.3 Å². The van der Waals surface area contributed by atoms with Gasteiger partial charge in [-0.2, -0.15) is 5.10 Å². The molecule has 0 unspecified atom stereocenters. The standard InChI is InChI=1S/C19H19N3O/c1-14-6-5-7-15(12-14)10-11-20-19(23)17-13-21-22-18(17)16-8-3-2-4-9-16/h2-9,12-13H,10-11H2,1H3,(H,20,23)(H,21,22). The summed E-state index contributed by atoms with van der Waals surface area (Å²) in [5, 5.41) is 9.88. The minimum absolute atomic E-state index is 0.106. The van der Waals surface area contributed by atoms with Gasteiger partial charge >= 0.3 is 0 Å². The molecule has 4 nitrogen and oxygen atoms in total. The summed E-state index contributed by atoms with van der Waals surface area (Å²) in [6, 6.07) is 18.1. The summed E-state index contributed by atoms with van der Waals surface area (Å²) in [5.41, 5.74) is 4.73. The van der Waals surface area contributed by atoms with E-state index < -0.39 is 0 Å². The molecule has 2 aromatic carbocycles. The van der Waals surface area contributed by atoms with E-state index in [0.717, 1.165) is 17.7 Å². The van der Waals surface area contributed by atoms with Crippen molar-refractivity contribution in [2.24, 2.45) is 0 Å². The maximum absolute atomic E-state index is 12.4. The highest BCUT2D eigenvalue weighted by atomic mass is 16.1. The van der Waals surface area contributed by atoms with Crippen LogP contribution < -0.4 is 5.32 Å². The van der Waals surface area contributed by atoms with Gasteiger partial charge in [-0.3, -0.25) is 9.89 Å². The molecule has 2 N–H and O–H groups in total. The number of aryl methyl sites for hydroxylation is 1. The van der Waals surface area contributed by atoms with Crippen LogP contribution >= 0.6 is 0 Å². The van der Waals surface area contributed by atoms with E-state index in [1.807, 2.05) is 36.4 Å². The lowest BCUT2D eigenvalue weighted by Gasteiger charge is -2.06. The molecule has 0 fully saturated rings. The molecule has 116 valence electrons. The molecule has 0 aliphatic carbocycles. The topological polar surface area (TPSA) is 57.8 Å². The van der Waals surface area contributed by atoms with Crippen molar-refractivity contribution < 1.29 is 4.79 Å². The Morgan fingerprint density at radius 1 is 1.13 bits per heavy atom. The van der Waals surface area contributed by atoms with Crippen LogP contribution in [0.1, 0.15) is 21.5 Å². The summed E-state index contributed by atoms with van der Waals surface area (Å²) in [7, 11) is 0. The number of amides is 1. The summed E-state index contributed by atoms with van der Waals surface area (Å²) in [4.78, 5) is 12.4. The van der Waals surface area contributed by atoms with E-state index in [2.05, 4.69) is 40.6 Å². The summed E-state index contributed by atoms with van der Waals surface area (Å²) in [6.45, 7) is 2.67. The van der Waals surface area contributed by atoms with E-state index >= 15 is 0 Å². The van der Waals surface area contributed by atoms with Gasteiger partial charge in [0, 0.05) is 12.1 Å². The van der Waals surface area contributed by atoms with E-state index in [0.29, 0.717) is 12.1 Å². The minimum Gasteiger partial charge on any atom is -0.352 e. The number of carbonyl (C=O) groups is 1. The molecule has 0 aliphatic heterocycles. The lowest BCUT2D eigenvalue weighted by Crippen LogP contribution is -2.25. The molecule has 3 rings (SSSR count). The Hall–Kier alpha value is -2.88. The molecule has 0 saturated heterocycles. The molecule has 4 heteroatoms. The van der Waals surface area contributed by atoms with Crippen LogP contribution in [-0.4, -0.2) is 22.6 Å². The highest BCUT2D eigenvalue weighted by molar-refractivity contribution is 5.99. The van der Waals surface area contributed by atoms with Crippen molar-refractivity contribution in [3.63, 3.8) is 0 Å². The molecule has 0 saturated carbocycles. The van der Waals surface area contributed by atoms with Crippen molar-refractivity contribution in [1.29, 1.82) is 0 Å². The highest BCUT2D eigenvalue weighted by Gasteiger charge is 2.14. The van der Waals surface area contributed by atoms with Crippen LogP contribution in [0, 0.1) is 6.92 Å². The first kappa shape index (κ1) is 15.0. The van der Waals surface area contributed by atoms with Crippen molar-refractivity contribution >= 4 is 5.91 Å². The molecular formula is C19H19N3O. The smallest absolute Gasteiger partial charge is 0.255 e. The Labute approximate surface area is 135 Å². The van der Waals surface area contributed by atoms with Crippen LogP contribution in [0.25, 0.3) is 11.3 Å². The van der Waals surface area contributed by atoms with Crippen LogP contribution in [-0.2, 0) is 6.42 Å². The lowest BCUT2D eigenvalue weighted by molar-refractivity contribution is 0.0955. The summed E-state index contributed by atoms with van der Waals surface area (Å²) in [6.07, 6.45) is 2.39. The van der Waals surface area contributed by atoms with E-state index in [1.165, 1.54) is 11.1 Å². The number of benzene rings is 2. The van der Waals surface area contributed by atoms with Gasteiger partial charge in [-0.05, 0) is 18.9 Å². The molecule has 0 spiro atoms. The number of aromatic amines is 1. The second-order valence-electron chi connectivity index (χ2n) is 5.52. The fourth-order valence-corrected chi connectivity index (χ4v) is 2.57. The van der Waals surface area contributed by atoms with Gasteiger partial charge in [-0.1, -0.05) is 60.2 Å². The lowest BCUT2D eigenvalue weighted by atomic mass is 10.1. The van der Waals surface area contributed by atoms with Gasteiger partial charge < -0.3 is 5.32 Å². The normalized spacial score (nSPS) is 10.5. The van der Waals surface area contributed by atoms with E-state index in [9.17, 15) is 4.79 Å². The quantitative estimate of drug-likeness (QED) is 0.759. The van der Waals surface area contributed by atoms with Crippen LogP contribution in [0.5, 0.6) is 0 Å². The largest absolute Gasteiger partial charge is 0.352 e. The summed E-state index contributed by atoms with van der Waals surface area (Å²) < 4.78 is 0. The zero-order valence-electron chi connectivity index (χ0n) is 13.0. The SMILES string of the molecule is Cc1cccc(CCNC(=O)c2cn[nH]c2-c2ccccc2)c1.